The summed E-state index contributed by atoms with van der Waals surface area (Å²) in [5, 5.41) is 25.7. The fraction of sp³-hybridized carbons (Fsp3) is 0.0870. The summed E-state index contributed by atoms with van der Waals surface area (Å²) in [4.78, 5) is 22.8. The Hall–Kier alpha value is -4.98. The summed E-state index contributed by atoms with van der Waals surface area (Å²) in [6.07, 6.45) is 7.41. The Morgan fingerprint density at radius 2 is 1.88 bits per heavy atom. The number of aryl methyl sites for hydroxylation is 1. The molecule has 0 unspecified atom stereocenters. The number of nitriles is 1. The first-order chi connectivity index (χ1) is 16.5. The number of nitrogens with one attached hydrogen (secondary N) is 1. The maximum absolute atomic E-state index is 14.2. The van der Waals surface area contributed by atoms with Crippen molar-refractivity contribution >= 4 is 22.4 Å². The number of benzene rings is 1. The Balaban J connectivity index is 1.49. The number of carbonyl (C=O) groups excluding carboxylic acids is 1. The summed E-state index contributed by atoms with van der Waals surface area (Å²) < 4.78 is 15.7. The van der Waals surface area contributed by atoms with Crippen molar-refractivity contribution in [1.29, 1.82) is 5.26 Å². The summed E-state index contributed by atoms with van der Waals surface area (Å²) >= 11 is 0. The maximum atomic E-state index is 14.2. The first-order valence-corrected chi connectivity index (χ1v) is 10.1. The summed E-state index contributed by atoms with van der Waals surface area (Å²) in [6.45, 7) is 3.44. The molecule has 4 aromatic heterocycles. The number of nitrogens with zero attached hydrogens (tertiary/aromatic N) is 8. The maximum Gasteiger partial charge on any atom is 0.259 e. The molecule has 0 aliphatic rings. The zero-order valence-corrected chi connectivity index (χ0v) is 18.1. The highest BCUT2D eigenvalue weighted by atomic mass is 19.1. The number of rotatable bonds is 4. The normalized spacial score (nSPS) is 10.9. The van der Waals surface area contributed by atoms with E-state index in [1.54, 1.807) is 36.9 Å². The van der Waals surface area contributed by atoms with Gasteiger partial charge in [0.2, 0.25) is 0 Å². The van der Waals surface area contributed by atoms with Gasteiger partial charge < -0.3 is 5.32 Å². The van der Waals surface area contributed by atoms with E-state index in [0.29, 0.717) is 39.1 Å². The molecule has 0 aliphatic heterocycles. The lowest BCUT2D eigenvalue weighted by molar-refractivity contribution is 0.102. The highest BCUT2D eigenvalue weighted by molar-refractivity contribution is 6.05. The Morgan fingerprint density at radius 1 is 1.09 bits per heavy atom. The monoisotopic (exact) mass is 453 g/mol. The van der Waals surface area contributed by atoms with Crippen molar-refractivity contribution in [3.8, 4) is 17.6 Å². The molecular formula is C23H16FN9O. The smallest absolute Gasteiger partial charge is 0.259 e. The number of anilines is 1. The molecule has 5 aromatic rings. The van der Waals surface area contributed by atoms with E-state index in [-0.39, 0.29) is 17.2 Å². The Bertz CT molecular complexity index is 1600. The van der Waals surface area contributed by atoms with Gasteiger partial charge in [-0.15, -0.1) is 4.80 Å². The molecular weight excluding hydrogens is 437 g/mol. The van der Waals surface area contributed by atoms with Crippen molar-refractivity contribution in [1.82, 2.24) is 34.7 Å². The molecule has 0 aliphatic carbocycles. The van der Waals surface area contributed by atoms with Crippen LogP contribution in [0, 0.1) is 31.0 Å². The number of hydrogen-bond acceptors (Lipinski definition) is 7. The van der Waals surface area contributed by atoms with E-state index in [4.69, 9.17) is 0 Å². The van der Waals surface area contributed by atoms with Crippen LogP contribution in [0.2, 0.25) is 0 Å². The molecule has 1 amide bonds. The number of amides is 1. The molecule has 1 N–H and O–H groups in total. The van der Waals surface area contributed by atoms with Gasteiger partial charge in [-0.3, -0.25) is 9.78 Å². The second-order valence-corrected chi connectivity index (χ2v) is 7.43. The van der Waals surface area contributed by atoms with Crippen molar-refractivity contribution in [2.45, 2.75) is 13.8 Å². The number of hydrogen-bond donors (Lipinski definition) is 1. The van der Waals surface area contributed by atoms with Crippen molar-refractivity contribution in [2.75, 3.05) is 5.32 Å². The molecule has 11 heteroatoms. The average Bonchev–Trinajstić information content (AvgIpc) is 3.50. The van der Waals surface area contributed by atoms with E-state index < -0.39 is 5.91 Å². The largest absolute Gasteiger partial charge is 0.320 e. The molecule has 0 spiro atoms. The molecule has 0 saturated heterocycles. The third kappa shape index (κ3) is 3.43. The number of carbonyl (C=O) groups is 1. The predicted molar refractivity (Wildman–Crippen MR) is 120 cm³/mol. The highest BCUT2D eigenvalue weighted by Crippen LogP contribution is 2.26. The number of fused-ring (bicyclic) bond motifs is 1. The van der Waals surface area contributed by atoms with Crippen LogP contribution in [0.5, 0.6) is 0 Å². The third-order valence-corrected chi connectivity index (χ3v) is 5.38. The van der Waals surface area contributed by atoms with Gasteiger partial charge in [-0.05, 0) is 26.0 Å². The molecule has 0 radical (unpaired) electrons. The van der Waals surface area contributed by atoms with Crippen LogP contribution in [0.15, 0.2) is 55.2 Å². The molecule has 34 heavy (non-hydrogen) atoms. The number of aromatic nitrogens is 7. The molecule has 0 atom stereocenters. The summed E-state index contributed by atoms with van der Waals surface area (Å²) in [5.41, 5.74) is 2.46. The van der Waals surface area contributed by atoms with Gasteiger partial charge in [0.1, 0.15) is 17.4 Å². The topological polar surface area (TPSA) is 127 Å². The van der Waals surface area contributed by atoms with Crippen LogP contribution < -0.4 is 5.32 Å². The molecule has 0 fully saturated rings. The van der Waals surface area contributed by atoms with Gasteiger partial charge in [-0.2, -0.15) is 20.6 Å². The molecule has 0 bridgehead atoms. The fourth-order valence-corrected chi connectivity index (χ4v) is 3.66. The zero-order chi connectivity index (χ0) is 23.8. The van der Waals surface area contributed by atoms with Gasteiger partial charge in [0, 0.05) is 17.0 Å². The van der Waals surface area contributed by atoms with E-state index in [0.717, 1.165) is 0 Å². The average molecular weight is 453 g/mol. The number of pyridine rings is 2. The summed E-state index contributed by atoms with van der Waals surface area (Å²) in [5.74, 6) is -0.552. The second-order valence-electron chi connectivity index (χ2n) is 7.43. The Labute approximate surface area is 192 Å². The lowest BCUT2D eigenvalue weighted by Crippen LogP contribution is -2.16. The van der Waals surface area contributed by atoms with Gasteiger partial charge in [-0.1, -0.05) is 12.1 Å². The van der Waals surface area contributed by atoms with Gasteiger partial charge in [-0.25, -0.2) is 14.1 Å². The van der Waals surface area contributed by atoms with Crippen LogP contribution in [0.3, 0.4) is 0 Å². The van der Waals surface area contributed by atoms with Crippen molar-refractivity contribution in [3.63, 3.8) is 0 Å². The summed E-state index contributed by atoms with van der Waals surface area (Å²) in [6, 6.07) is 8.32. The van der Waals surface area contributed by atoms with Gasteiger partial charge >= 0.3 is 0 Å². The minimum atomic E-state index is -0.429. The van der Waals surface area contributed by atoms with Crippen molar-refractivity contribution < 1.29 is 9.18 Å². The SMILES string of the molecule is Cc1nc(-n2nccn2)c(C#N)cc1NC(=O)c1cnn(-c2cncc3c(F)cccc23)c1C. The molecule has 0 saturated carbocycles. The van der Waals surface area contributed by atoms with Crippen molar-refractivity contribution in [2.24, 2.45) is 0 Å². The standard InChI is InChI=1S/C23H16FN9O/c1-13-20(8-15(9-25)22(30-13)33-27-6-7-28-33)31-23(34)17-11-29-32(14(17)2)21-12-26-10-18-16(21)4-3-5-19(18)24/h3-8,10-12H,1-2H3,(H,31,34). The van der Waals surface area contributed by atoms with Crippen LogP contribution in [0.25, 0.3) is 22.3 Å². The first-order valence-electron chi connectivity index (χ1n) is 10.1. The van der Waals surface area contributed by atoms with E-state index >= 15 is 0 Å². The van der Waals surface area contributed by atoms with E-state index in [9.17, 15) is 14.4 Å². The van der Waals surface area contributed by atoms with Gasteiger partial charge in [0.05, 0.1) is 53.1 Å². The van der Waals surface area contributed by atoms with E-state index in [2.05, 4.69) is 36.7 Å². The molecule has 1 aromatic carbocycles. The lowest BCUT2D eigenvalue weighted by Gasteiger charge is -2.11. The molecule has 166 valence electrons. The van der Waals surface area contributed by atoms with Crippen molar-refractivity contribution in [3.05, 3.63) is 83.6 Å². The zero-order valence-electron chi connectivity index (χ0n) is 18.1. The Morgan fingerprint density at radius 3 is 2.65 bits per heavy atom. The van der Waals surface area contributed by atoms with Gasteiger partial charge in [0.25, 0.3) is 5.91 Å². The van der Waals surface area contributed by atoms with Crippen LogP contribution in [0.1, 0.15) is 27.3 Å². The van der Waals surface area contributed by atoms with Crippen LogP contribution in [0.4, 0.5) is 10.1 Å². The third-order valence-electron chi connectivity index (χ3n) is 5.38. The summed E-state index contributed by atoms with van der Waals surface area (Å²) in [7, 11) is 0. The Kier molecular flexibility index (Phi) is 5.03. The minimum absolute atomic E-state index is 0.202. The van der Waals surface area contributed by atoms with Crippen LogP contribution in [-0.2, 0) is 0 Å². The second kappa shape index (κ2) is 8.18. The minimum Gasteiger partial charge on any atom is -0.320 e. The van der Waals surface area contributed by atoms with E-state index in [1.807, 2.05) is 0 Å². The number of halogens is 1. The first kappa shape index (κ1) is 20.9. The van der Waals surface area contributed by atoms with Crippen LogP contribution in [-0.4, -0.2) is 40.6 Å². The van der Waals surface area contributed by atoms with E-state index in [1.165, 1.54) is 41.7 Å². The quantitative estimate of drug-likeness (QED) is 0.442. The molecule has 5 rings (SSSR count). The molecule has 10 nitrogen and oxygen atoms in total. The lowest BCUT2D eigenvalue weighted by atomic mass is 10.1. The molecule has 4 heterocycles. The van der Waals surface area contributed by atoms with Gasteiger partial charge in [0.15, 0.2) is 5.82 Å². The highest BCUT2D eigenvalue weighted by Gasteiger charge is 2.19. The predicted octanol–water partition coefficient (Wildman–Crippen LogP) is 3.28. The van der Waals surface area contributed by atoms with Crippen LogP contribution >= 0.6 is 0 Å². The fourth-order valence-electron chi connectivity index (χ4n) is 3.66.